The van der Waals surface area contributed by atoms with Crippen molar-refractivity contribution in [3.8, 4) is 0 Å². The minimum atomic E-state index is -0.194. The Labute approximate surface area is 184 Å². The van der Waals surface area contributed by atoms with Gasteiger partial charge in [-0.2, -0.15) is 0 Å². The highest BCUT2D eigenvalue weighted by Gasteiger charge is 2.23. The average molecular weight is 452 g/mol. The van der Waals surface area contributed by atoms with Crippen molar-refractivity contribution in [2.75, 3.05) is 32.8 Å². The summed E-state index contributed by atoms with van der Waals surface area (Å²) in [5.41, 5.74) is 3.23. The third kappa shape index (κ3) is 4.05. The van der Waals surface area contributed by atoms with Crippen LogP contribution in [0.1, 0.15) is 21.6 Å². The van der Waals surface area contributed by atoms with Gasteiger partial charge in [-0.1, -0.05) is 40.9 Å². The molecule has 7 heteroatoms. The van der Waals surface area contributed by atoms with Crippen LogP contribution in [0.4, 0.5) is 0 Å². The number of rotatable bonds is 4. The van der Waals surface area contributed by atoms with Crippen molar-refractivity contribution in [2.24, 2.45) is 0 Å². The molecule has 1 aromatic heterocycles. The highest BCUT2D eigenvalue weighted by atomic mass is 35.5. The molecule has 1 aliphatic heterocycles. The number of hydrogen-bond donors (Lipinski definition) is 0. The van der Waals surface area contributed by atoms with Crippen LogP contribution in [0.3, 0.4) is 0 Å². The van der Waals surface area contributed by atoms with Crippen molar-refractivity contribution in [3.63, 3.8) is 0 Å². The molecule has 0 bridgehead atoms. The second-order valence-electron chi connectivity index (χ2n) is 7.17. The molecule has 29 heavy (non-hydrogen) atoms. The zero-order valence-electron chi connectivity index (χ0n) is 16.1. The third-order valence-corrected chi connectivity index (χ3v) is 6.52. The van der Waals surface area contributed by atoms with Gasteiger partial charge in [-0.25, -0.2) is 0 Å². The Morgan fingerprint density at radius 2 is 1.86 bits per heavy atom. The van der Waals surface area contributed by atoms with Gasteiger partial charge in [0.25, 0.3) is 5.91 Å². The van der Waals surface area contributed by atoms with Gasteiger partial charge in [0.05, 0.1) is 34.3 Å². The average Bonchev–Trinajstić information content (AvgIpc) is 2.99. The highest BCUT2D eigenvalue weighted by Crippen LogP contribution is 2.32. The highest BCUT2D eigenvalue weighted by molar-refractivity contribution is 6.44. The fourth-order valence-electron chi connectivity index (χ4n) is 3.92. The molecule has 0 N–H and O–H groups in total. The van der Waals surface area contributed by atoms with Gasteiger partial charge < -0.3 is 4.74 Å². The zero-order valence-corrected chi connectivity index (χ0v) is 18.3. The van der Waals surface area contributed by atoms with E-state index in [1.165, 1.54) is 0 Å². The number of morpholine rings is 1. The Morgan fingerprint density at radius 3 is 2.62 bits per heavy atom. The summed E-state index contributed by atoms with van der Waals surface area (Å²) in [4.78, 5) is 15.8. The fraction of sp³-hybridized carbons (Fsp3) is 0.318. The summed E-state index contributed by atoms with van der Waals surface area (Å²) in [6, 6.07) is 10.7. The topological polar surface area (TPSA) is 34.5 Å². The lowest BCUT2D eigenvalue weighted by Crippen LogP contribution is -2.37. The van der Waals surface area contributed by atoms with Gasteiger partial charge in [0.2, 0.25) is 0 Å². The van der Waals surface area contributed by atoms with Crippen LogP contribution >= 0.6 is 34.8 Å². The van der Waals surface area contributed by atoms with E-state index in [2.05, 4.69) is 4.90 Å². The van der Waals surface area contributed by atoms with Crippen molar-refractivity contribution >= 4 is 51.6 Å². The summed E-state index contributed by atoms with van der Waals surface area (Å²) in [6.45, 7) is 6.25. The molecular formula is C22H21Cl3N2O2. The number of carbonyl (C=O) groups is 1. The molecule has 1 aliphatic rings. The van der Waals surface area contributed by atoms with E-state index >= 15 is 0 Å². The number of fused-ring (bicyclic) bond motifs is 1. The number of halogens is 3. The quantitative estimate of drug-likeness (QED) is 0.527. The molecule has 1 fully saturated rings. The van der Waals surface area contributed by atoms with Gasteiger partial charge in [-0.05, 0) is 49.2 Å². The first kappa shape index (κ1) is 20.7. The van der Waals surface area contributed by atoms with Crippen LogP contribution in [-0.4, -0.2) is 48.2 Å². The van der Waals surface area contributed by atoms with Crippen LogP contribution in [0.5, 0.6) is 0 Å². The molecule has 0 saturated carbocycles. The number of aromatic nitrogens is 1. The predicted octanol–water partition coefficient (Wildman–Crippen LogP) is 5.47. The Kier molecular flexibility index (Phi) is 6.19. The maximum absolute atomic E-state index is 13.4. The van der Waals surface area contributed by atoms with Crippen LogP contribution in [0.2, 0.25) is 15.1 Å². The molecule has 2 aromatic carbocycles. The van der Waals surface area contributed by atoms with Gasteiger partial charge in [-0.15, -0.1) is 0 Å². The van der Waals surface area contributed by atoms with Crippen molar-refractivity contribution in [1.29, 1.82) is 0 Å². The molecule has 152 valence electrons. The second-order valence-corrected chi connectivity index (χ2v) is 8.39. The lowest BCUT2D eigenvalue weighted by molar-refractivity contribution is 0.0384. The third-order valence-electron chi connectivity index (χ3n) is 5.46. The molecule has 0 spiro atoms. The summed E-state index contributed by atoms with van der Waals surface area (Å²) in [5, 5.41) is 2.27. The number of benzene rings is 2. The Bertz CT molecular complexity index is 1070. The van der Waals surface area contributed by atoms with E-state index in [0.29, 0.717) is 15.6 Å². The first-order valence-corrected chi connectivity index (χ1v) is 10.7. The minimum Gasteiger partial charge on any atom is -0.379 e. The van der Waals surface area contributed by atoms with Crippen molar-refractivity contribution in [1.82, 2.24) is 9.47 Å². The first-order valence-electron chi connectivity index (χ1n) is 9.55. The number of carbonyl (C=O) groups excluding carboxylic acids is 1. The Hall–Kier alpha value is -1.56. The SMILES string of the molecule is Cc1c(CCN2CCOCC2)c2cc(Cl)ccc2n1C(=O)c1cccc(Cl)c1Cl. The van der Waals surface area contributed by atoms with E-state index in [9.17, 15) is 4.79 Å². The van der Waals surface area contributed by atoms with Gasteiger partial charge in [-0.3, -0.25) is 14.3 Å². The zero-order chi connectivity index (χ0) is 20.5. The van der Waals surface area contributed by atoms with Crippen molar-refractivity contribution < 1.29 is 9.53 Å². The van der Waals surface area contributed by atoms with E-state index in [-0.39, 0.29) is 10.9 Å². The van der Waals surface area contributed by atoms with E-state index in [1.54, 1.807) is 28.8 Å². The van der Waals surface area contributed by atoms with Crippen LogP contribution in [0.25, 0.3) is 10.9 Å². The largest absolute Gasteiger partial charge is 0.379 e. The molecular weight excluding hydrogens is 431 g/mol. The minimum absolute atomic E-state index is 0.194. The first-order chi connectivity index (χ1) is 14.0. The smallest absolute Gasteiger partial charge is 0.264 e. The van der Waals surface area contributed by atoms with Crippen LogP contribution in [-0.2, 0) is 11.2 Å². The lowest BCUT2D eigenvalue weighted by atomic mass is 10.1. The summed E-state index contributed by atoms with van der Waals surface area (Å²) < 4.78 is 7.16. The van der Waals surface area contributed by atoms with Gasteiger partial charge in [0.15, 0.2) is 0 Å². The predicted molar refractivity (Wildman–Crippen MR) is 119 cm³/mol. The monoisotopic (exact) mass is 450 g/mol. The standard InChI is InChI=1S/C22H21Cl3N2O2/c1-14-16(7-8-26-9-11-29-12-10-26)18-13-15(23)5-6-20(18)27(14)22(28)17-3-2-4-19(24)21(17)25/h2-6,13H,7-12H2,1H3. The number of nitrogens with zero attached hydrogens (tertiary/aromatic N) is 2. The maximum atomic E-state index is 13.4. The number of hydrogen-bond acceptors (Lipinski definition) is 3. The van der Waals surface area contributed by atoms with E-state index in [4.69, 9.17) is 39.5 Å². The van der Waals surface area contributed by atoms with Crippen molar-refractivity contribution in [2.45, 2.75) is 13.3 Å². The molecule has 0 radical (unpaired) electrons. The molecule has 0 atom stereocenters. The van der Waals surface area contributed by atoms with E-state index in [1.807, 2.05) is 19.1 Å². The van der Waals surface area contributed by atoms with Crippen LogP contribution in [0.15, 0.2) is 36.4 Å². The lowest BCUT2D eigenvalue weighted by Gasteiger charge is -2.26. The fourth-order valence-corrected chi connectivity index (χ4v) is 4.47. The van der Waals surface area contributed by atoms with Crippen molar-refractivity contribution in [3.05, 3.63) is 68.3 Å². The molecule has 3 aromatic rings. The molecule has 0 aliphatic carbocycles. The summed E-state index contributed by atoms with van der Waals surface area (Å²) in [7, 11) is 0. The number of ether oxygens (including phenoxy) is 1. The summed E-state index contributed by atoms with van der Waals surface area (Å²) >= 11 is 18.8. The Balaban J connectivity index is 1.77. The molecule has 4 nitrogen and oxygen atoms in total. The molecule has 2 heterocycles. The van der Waals surface area contributed by atoms with Crippen LogP contribution < -0.4 is 0 Å². The summed E-state index contributed by atoms with van der Waals surface area (Å²) in [6.07, 6.45) is 0.826. The molecule has 1 saturated heterocycles. The van der Waals surface area contributed by atoms with Gasteiger partial charge in [0, 0.05) is 35.7 Å². The maximum Gasteiger partial charge on any atom is 0.264 e. The van der Waals surface area contributed by atoms with E-state index in [0.717, 1.165) is 61.4 Å². The second kappa shape index (κ2) is 8.66. The molecule has 0 unspecified atom stereocenters. The summed E-state index contributed by atoms with van der Waals surface area (Å²) in [5.74, 6) is -0.194. The van der Waals surface area contributed by atoms with Crippen LogP contribution in [0, 0.1) is 6.92 Å². The van der Waals surface area contributed by atoms with Gasteiger partial charge in [0.1, 0.15) is 0 Å². The molecule has 4 rings (SSSR count). The van der Waals surface area contributed by atoms with E-state index < -0.39 is 0 Å². The Morgan fingerprint density at radius 1 is 1.10 bits per heavy atom. The normalized spacial score (nSPS) is 15.2. The van der Waals surface area contributed by atoms with Gasteiger partial charge >= 0.3 is 0 Å². The molecule has 0 amide bonds.